The van der Waals surface area contributed by atoms with Gasteiger partial charge >= 0.3 is 37.7 Å². The number of hydrogen-bond acceptors (Lipinski definition) is 6. The summed E-state index contributed by atoms with van der Waals surface area (Å²) in [5.41, 5.74) is 0. The summed E-state index contributed by atoms with van der Waals surface area (Å²) >= 11 is 0. The molecule has 0 saturated carbocycles. The molecule has 0 spiro atoms. The summed E-state index contributed by atoms with van der Waals surface area (Å²) in [6, 6.07) is 0.711. The number of unbranched alkanes of at least 4 members (excludes halogenated alkanes) is 20. The normalized spacial score (nSPS) is 12.4. The summed E-state index contributed by atoms with van der Waals surface area (Å²) < 4.78 is 0. The van der Waals surface area contributed by atoms with E-state index in [1.165, 1.54) is 154 Å². The van der Waals surface area contributed by atoms with Crippen LogP contribution in [0.15, 0.2) is 0 Å². The van der Waals surface area contributed by atoms with Gasteiger partial charge in [0.15, 0.2) is 0 Å². The second kappa shape index (κ2) is 42.5. The van der Waals surface area contributed by atoms with Gasteiger partial charge in [0.05, 0.1) is 0 Å². The fraction of sp³-hybridized carbons (Fsp3) is 0.952. The Balaban J connectivity index is -0.000000846. The summed E-state index contributed by atoms with van der Waals surface area (Å²) in [6.07, 6.45) is 33.4. The van der Waals surface area contributed by atoms with Crippen molar-refractivity contribution in [1.82, 2.24) is 9.80 Å². The van der Waals surface area contributed by atoms with Crippen LogP contribution in [0.5, 0.6) is 0 Å². The third kappa shape index (κ3) is 40.7. The van der Waals surface area contributed by atoms with E-state index >= 15 is 0 Å². The zero-order valence-corrected chi connectivity index (χ0v) is 36.2. The first-order chi connectivity index (χ1) is 23.2. The van der Waals surface area contributed by atoms with Gasteiger partial charge in [-0.05, 0) is 91.4 Å². The van der Waals surface area contributed by atoms with Crippen molar-refractivity contribution in [2.45, 2.75) is 233 Å². The molecule has 0 aliphatic carbocycles. The van der Waals surface area contributed by atoms with E-state index in [1.54, 1.807) is 0 Å². The van der Waals surface area contributed by atoms with Crippen molar-refractivity contribution in [3.63, 3.8) is 0 Å². The molecular weight excluding hydrogens is 637 g/mol. The van der Waals surface area contributed by atoms with E-state index in [0.29, 0.717) is 24.9 Å². The molecule has 0 aromatic heterocycles. The van der Waals surface area contributed by atoms with Crippen LogP contribution in [0.3, 0.4) is 0 Å². The molecular formula is C42H84CaN2O4. The minimum absolute atomic E-state index is 0. The zero-order valence-electron chi connectivity index (χ0n) is 34.0. The van der Waals surface area contributed by atoms with Crippen molar-refractivity contribution in [2.75, 3.05) is 26.2 Å². The Labute approximate surface area is 336 Å². The summed E-state index contributed by atoms with van der Waals surface area (Å²) in [4.78, 5) is 26.5. The fourth-order valence-corrected chi connectivity index (χ4v) is 6.50. The Morgan fingerprint density at radius 1 is 0.408 bits per heavy atom. The number of carboxylic acids is 2. The Morgan fingerprint density at radius 3 is 0.816 bits per heavy atom. The number of rotatable bonds is 36. The van der Waals surface area contributed by atoms with Gasteiger partial charge in [0.1, 0.15) is 0 Å². The first kappa shape index (κ1) is 53.5. The SMILES string of the molecule is CCCCCCCCN(CCCCCCCC)C(C)CCC(=O)[O-].CCCCCCCCN(CCCCCCCC)C(C)CCC(=O)[O-].[Ca+2]. The molecule has 7 heteroatoms. The number of carbonyl (C=O) groups excluding carboxylic acids is 2. The quantitative estimate of drug-likeness (QED) is 0.0474. The van der Waals surface area contributed by atoms with Gasteiger partial charge in [0.25, 0.3) is 0 Å². The molecule has 0 bridgehead atoms. The van der Waals surface area contributed by atoms with Gasteiger partial charge in [-0.2, -0.15) is 0 Å². The molecule has 0 rings (SSSR count). The Bertz CT molecular complexity index is 593. The summed E-state index contributed by atoms with van der Waals surface area (Å²) in [7, 11) is 0. The van der Waals surface area contributed by atoms with Crippen molar-refractivity contribution in [1.29, 1.82) is 0 Å². The van der Waals surface area contributed by atoms with Crippen LogP contribution in [0.25, 0.3) is 0 Å². The minimum Gasteiger partial charge on any atom is -0.550 e. The molecule has 0 fully saturated rings. The standard InChI is InChI=1S/2C21H43NO2.Ca/c2*1-4-6-8-10-12-14-18-22(20(3)16-17-21(23)24)19-15-13-11-9-7-5-2;/h2*20H,4-19H2,1-3H3,(H,23,24);/q;;+2/p-2. The van der Waals surface area contributed by atoms with Crippen molar-refractivity contribution in [3.8, 4) is 0 Å². The van der Waals surface area contributed by atoms with Gasteiger partial charge in [-0.1, -0.05) is 156 Å². The molecule has 49 heavy (non-hydrogen) atoms. The van der Waals surface area contributed by atoms with Crippen LogP contribution < -0.4 is 10.2 Å². The summed E-state index contributed by atoms with van der Waals surface area (Å²) in [5.74, 6) is -1.83. The maximum atomic E-state index is 10.7. The van der Waals surface area contributed by atoms with E-state index in [1.807, 2.05) is 0 Å². The monoisotopic (exact) mass is 721 g/mol. The maximum absolute atomic E-state index is 10.7. The predicted molar refractivity (Wildman–Crippen MR) is 210 cm³/mol. The van der Waals surface area contributed by atoms with E-state index in [-0.39, 0.29) is 50.6 Å². The Hall–Kier alpha value is 0.120. The van der Waals surface area contributed by atoms with Crippen LogP contribution in [0.4, 0.5) is 0 Å². The molecule has 2 atom stereocenters. The van der Waals surface area contributed by atoms with E-state index in [0.717, 1.165) is 26.2 Å². The van der Waals surface area contributed by atoms with Gasteiger partial charge in [-0.25, -0.2) is 0 Å². The predicted octanol–water partition coefficient (Wildman–Crippen LogP) is 9.48. The summed E-state index contributed by atoms with van der Waals surface area (Å²) in [6.45, 7) is 17.8. The molecule has 0 aliphatic rings. The van der Waals surface area contributed by atoms with Crippen LogP contribution in [0, 0.1) is 0 Å². The molecule has 288 valence electrons. The molecule has 0 radical (unpaired) electrons. The third-order valence-electron chi connectivity index (χ3n) is 9.97. The first-order valence-electron chi connectivity index (χ1n) is 21.1. The number of aliphatic carboxylic acids is 2. The molecule has 6 nitrogen and oxygen atoms in total. The smallest absolute Gasteiger partial charge is 0.550 e. The van der Waals surface area contributed by atoms with Crippen LogP contribution in [-0.4, -0.2) is 97.7 Å². The molecule has 0 amide bonds. The number of hydrogen-bond donors (Lipinski definition) is 0. The molecule has 0 aromatic rings. The number of carboxylic acid groups (broad SMARTS) is 2. The Kier molecular flexibility index (Phi) is 46.4. The largest absolute Gasteiger partial charge is 2.00 e. The van der Waals surface area contributed by atoms with E-state index in [9.17, 15) is 19.8 Å². The molecule has 0 saturated heterocycles. The maximum Gasteiger partial charge on any atom is 2.00 e. The van der Waals surface area contributed by atoms with Crippen LogP contribution in [-0.2, 0) is 9.59 Å². The van der Waals surface area contributed by atoms with Crippen LogP contribution >= 0.6 is 0 Å². The van der Waals surface area contributed by atoms with Gasteiger partial charge in [0, 0.05) is 24.0 Å². The minimum atomic E-state index is -0.916. The first-order valence-corrected chi connectivity index (χ1v) is 21.1. The average molecular weight is 721 g/mol. The Morgan fingerprint density at radius 2 is 0.612 bits per heavy atom. The van der Waals surface area contributed by atoms with Gasteiger partial charge in [-0.3, -0.25) is 0 Å². The molecule has 0 aromatic carbocycles. The third-order valence-corrected chi connectivity index (χ3v) is 9.97. The number of carbonyl (C=O) groups is 2. The fourth-order valence-electron chi connectivity index (χ4n) is 6.50. The second-order valence-corrected chi connectivity index (χ2v) is 14.7. The number of nitrogens with zero attached hydrogens (tertiary/aromatic N) is 2. The van der Waals surface area contributed by atoms with Gasteiger partial charge in [-0.15, -0.1) is 0 Å². The second-order valence-electron chi connectivity index (χ2n) is 14.7. The zero-order chi connectivity index (χ0) is 36.1. The van der Waals surface area contributed by atoms with Gasteiger partial charge in [0.2, 0.25) is 0 Å². The van der Waals surface area contributed by atoms with Crippen molar-refractivity contribution in [2.24, 2.45) is 0 Å². The van der Waals surface area contributed by atoms with Crippen LogP contribution in [0.1, 0.15) is 221 Å². The van der Waals surface area contributed by atoms with E-state index in [4.69, 9.17) is 0 Å². The van der Waals surface area contributed by atoms with Crippen molar-refractivity contribution in [3.05, 3.63) is 0 Å². The molecule has 0 heterocycles. The average Bonchev–Trinajstić information content (AvgIpc) is 3.07. The topological polar surface area (TPSA) is 86.7 Å². The summed E-state index contributed by atoms with van der Waals surface area (Å²) in [5, 5.41) is 21.4. The van der Waals surface area contributed by atoms with Gasteiger partial charge < -0.3 is 29.6 Å². The van der Waals surface area contributed by atoms with Crippen molar-refractivity contribution >= 4 is 49.7 Å². The molecule has 2 unspecified atom stereocenters. The molecule has 0 aliphatic heterocycles. The van der Waals surface area contributed by atoms with Crippen LogP contribution in [0.2, 0.25) is 0 Å². The van der Waals surface area contributed by atoms with E-state index in [2.05, 4.69) is 51.3 Å². The molecule has 0 N–H and O–H groups in total. The van der Waals surface area contributed by atoms with Crippen molar-refractivity contribution < 1.29 is 19.8 Å². The van der Waals surface area contributed by atoms with E-state index < -0.39 is 11.9 Å².